The van der Waals surface area contributed by atoms with Crippen LogP contribution in [0, 0.1) is 12.3 Å². The molecule has 0 radical (unpaired) electrons. The summed E-state index contributed by atoms with van der Waals surface area (Å²) >= 11 is 0. The van der Waals surface area contributed by atoms with Crippen LogP contribution in [-0.4, -0.2) is 0 Å². The minimum atomic E-state index is 0. The fourth-order valence-corrected chi connectivity index (χ4v) is 0. The molecule has 0 N–H and O–H groups in total. The molecule has 16 valence electrons. The van der Waals surface area contributed by atoms with Gasteiger partial charge in [0, 0.05) is 0 Å². The Morgan fingerprint density at radius 2 is 1.75 bits per heavy atom. The summed E-state index contributed by atoms with van der Waals surface area (Å²) in [4.78, 5) is 0. The third kappa shape index (κ3) is 9.48. The standard InChI is InChI=1S/C3H3.Cs/c1-3-2;/h1H3;/q-1;+1. The van der Waals surface area contributed by atoms with Gasteiger partial charge in [0.1, 0.15) is 0 Å². The average Bonchev–Trinajstić information content (AvgIpc) is 0.918. The van der Waals surface area contributed by atoms with Crippen molar-refractivity contribution in [3.63, 3.8) is 0 Å². The molecule has 1 heteroatoms. The quantitative estimate of drug-likeness (QED) is 0.282. The molecule has 0 rings (SSSR count). The molecule has 0 fully saturated rings. The molecule has 0 aromatic carbocycles. The van der Waals surface area contributed by atoms with Crippen LogP contribution in [-0.2, 0) is 0 Å². The molecule has 0 atom stereocenters. The molecule has 0 aliphatic heterocycles. The molecule has 0 heterocycles. The second kappa shape index (κ2) is 8.82. The molecule has 4 heavy (non-hydrogen) atoms. The molecule has 0 aliphatic rings. The van der Waals surface area contributed by atoms with Crippen molar-refractivity contribution in [1.29, 1.82) is 0 Å². The van der Waals surface area contributed by atoms with Crippen LogP contribution in [0.15, 0.2) is 0 Å². The Kier molecular flexibility index (Phi) is 20.2. The fraction of sp³-hybridized carbons (Fsp3) is 0.333. The summed E-state index contributed by atoms with van der Waals surface area (Å²) in [6, 6.07) is 0. The van der Waals surface area contributed by atoms with Gasteiger partial charge in [-0.05, 0) is 6.92 Å². The SMILES string of the molecule is [C-]#CC.[Cs+]. The molecule has 0 aromatic rings. The van der Waals surface area contributed by atoms with Gasteiger partial charge in [-0.3, -0.25) is 0 Å². The van der Waals surface area contributed by atoms with E-state index in [4.69, 9.17) is 6.42 Å². The second-order valence-electron chi connectivity index (χ2n) is 0.250. The van der Waals surface area contributed by atoms with Crippen molar-refractivity contribution in [3.05, 3.63) is 6.42 Å². The van der Waals surface area contributed by atoms with E-state index in [0.29, 0.717) is 0 Å². The van der Waals surface area contributed by atoms with Crippen LogP contribution in [0.2, 0.25) is 0 Å². The van der Waals surface area contributed by atoms with Gasteiger partial charge >= 0.3 is 68.9 Å². The van der Waals surface area contributed by atoms with E-state index in [1.165, 1.54) is 0 Å². The van der Waals surface area contributed by atoms with Gasteiger partial charge in [-0.15, -0.1) is 0 Å². The molecule has 0 spiro atoms. The van der Waals surface area contributed by atoms with Gasteiger partial charge in [0.05, 0.1) is 0 Å². The van der Waals surface area contributed by atoms with Crippen LogP contribution in [0.5, 0.6) is 0 Å². The van der Waals surface area contributed by atoms with Crippen molar-refractivity contribution in [2.75, 3.05) is 0 Å². The van der Waals surface area contributed by atoms with Crippen molar-refractivity contribution in [1.82, 2.24) is 0 Å². The van der Waals surface area contributed by atoms with Crippen LogP contribution in [0.25, 0.3) is 0 Å². The zero-order valence-corrected chi connectivity index (χ0v) is 9.28. The van der Waals surface area contributed by atoms with Crippen molar-refractivity contribution < 1.29 is 68.9 Å². The Labute approximate surface area is 85.8 Å². The molecule has 0 bridgehead atoms. The van der Waals surface area contributed by atoms with E-state index in [1.807, 2.05) is 5.92 Å². The smallest absolute Gasteiger partial charge is 0.694 e. The van der Waals surface area contributed by atoms with E-state index in [0.717, 1.165) is 0 Å². The molecule has 0 aliphatic carbocycles. The first-order chi connectivity index (χ1) is 1.41. The van der Waals surface area contributed by atoms with E-state index in [9.17, 15) is 0 Å². The Balaban J connectivity index is 0. The van der Waals surface area contributed by atoms with E-state index in [2.05, 4.69) is 0 Å². The van der Waals surface area contributed by atoms with Gasteiger partial charge in [0.2, 0.25) is 0 Å². The molecule has 0 unspecified atom stereocenters. The minimum absolute atomic E-state index is 0. The summed E-state index contributed by atoms with van der Waals surface area (Å²) in [6.07, 6.45) is 5.96. The first-order valence-electron chi connectivity index (χ1n) is 0.750. The minimum Gasteiger partial charge on any atom is -0.694 e. The van der Waals surface area contributed by atoms with Crippen molar-refractivity contribution in [2.24, 2.45) is 0 Å². The van der Waals surface area contributed by atoms with E-state index >= 15 is 0 Å². The van der Waals surface area contributed by atoms with Gasteiger partial charge in [-0.2, -0.15) is 0 Å². The third-order valence-electron chi connectivity index (χ3n) is 0. The Morgan fingerprint density at radius 3 is 1.75 bits per heavy atom. The van der Waals surface area contributed by atoms with Crippen LogP contribution < -0.4 is 68.9 Å². The van der Waals surface area contributed by atoms with Gasteiger partial charge in [-0.25, -0.2) is 0 Å². The molecule has 0 amide bonds. The average molecular weight is 172 g/mol. The zero-order valence-electron chi connectivity index (χ0n) is 3.00. The first kappa shape index (κ1) is 9.15. The molecule has 0 saturated carbocycles. The zero-order chi connectivity index (χ0) is 2.71. The summed E-state index contributed by atoms with van der Waals surface area (Å²) in [7, 11) is 0. The predicted octanol–water partition coefficient (Wildman–Crippen LogP) is -2.40. The van der Waals surface area contributed by atoms with Gasteiger partial charge in [0.15, 0.2) is 0 Å². The monoisotopic (exact) mass is 172 g/mol. The van der Waals surface area contributed by atoms with E-state index < -0.39 is 0 Å². The van der Waals surface area contributed by atoms with Crippen molar-refractivity contribution in [2.45, 2.75) is 6.92 Å². The third-order valence-corrected chi connectivity index (χ3v) is 0. The molecule has 0 aromatic heterocycles. The first-order valence-corrected chi connectivity index (χ1v) is 0.750. The molecular weight excluding hydrogens is 169 g/mol. The summed E-state index contributed by atoms with van der Waals surface area (Å²) in [5.74, 6) is 2.00. The molecule has 0 nitrogen and oxygen atoms in total. The number of hydrogen-bond acceptors (Lipinski definition) is 0. The summed E-state index contributed by atoms with van der Waals surface area (Å²) in [5, 5.41) is 0. The number of hydrogen-bond donors (Lipinski definition) is 0. The van der Waals surface area contributed by atoms with Gasteiger partial charge in [0.25, 0.3) is 0 Å². The normalized spacial score (nSPS) is 2.00. The maximum Gasteiger partial charge on any atom is 1.00 e. The van der Waals surface area contributed by atoms with Gasteiger partial charge in [-0.1, -0.05) is 0 Å². The maximum absolute atomic E-state index is 5.96. The number of rotatable bonds is 0. The summed E-state index contributed by atoms with van der Waals surface area (Å²) in [5.41, 5.74) is 0. The summed E-state index contributed by atoms with van der Waals surface area (Å²) in [6.45, 7) is 1.54. The van der Waals surface area contributed by atoms with Crippen LogP contribution in [0.3, 0.4) is 0 Å². The fourth-order valence-electron chi connectivity index (χ4n) is 0. The van der Waals surface area contributed by atoms with E-state index in [1.54, 1.807) is 6.92 Å². The van der Waals surface area contributed by atoms with Crippen molar-refractivity contribution >= 4 is 0 Å². The topological polar surface area (TPSA) is 0 Å². The van der Waals surface area contributed by atoms with Gasteiger partial charge < -0.3 is 12.3 Å². The maximum atomic E-state index is 5.96. The van der Waals surface area contributed by atoms with Crippen molar-refractivity contribution in [3.8, 4) is 5.92 Å². The predicted molar refractivity (Wildman–Crippen MR) is 12.8 cm³/mol. The Hall–Kier alpha value is 1.61. The van der Waals surface area contributed by atoms with Crippen LogP contribution in [0.4, 0.5) is 0 Å². The Morgan fingerprint density at radius 1 is 1.75 bits per heavy atom. The Bertz CT molecular complexity index is 24.8. The summed E-state index contributed by atoms with van der Waals surface area (Å²) < 4.78 is 0. The van der Waals surface area contributed by atoms with E-state index in [-0.39, 0.29) is 68.9 Å². The molecular formula is C3H3Cs. The second-order valence-corrected chi connectivity index (χ2v) is 0.250. The largest absolute Gasteiger partial charge is 1.00 e. The van der Waals surface area contributed by atoms with Crippen LogP contribution in [0.1, 0.15) is 6.92 Å². The van der Waals surface area contributed by atoms with Crippen LogP contribution >= 0.6 is 0 Å². The molecule has 0 saturated heterocycles.